The van der Waals surface area contributed by atoms with Crippen LogP contribution in [-0.4, -0.2) is 41.7 Å². The number of carboxylic acids is 1. The van der Waals surface area contributed by atoms with E-state index in [9.17, 15) is 27.9 Å². The Bertz CT molecular complexity index is 673. The molecule has 1 saturated carbocycles. The standard InChI is InChI=1S/C17H20F3NO4/c1-10-6-12(7-11(2)13(10)25-9-17(18,19)20)8-21(3)14(22)16(4-5-16)15(23)24/h6-7H,4-5,8-9H2,1-3H3,(H,23,24). The molecule has 1 aromatic carbocycles. The number of rotatable bonds is 6. The highest BCUT2D eigenvalue weighted by atomic mass is 19.4. The molecule has 0 saturated heterocycles. The maximum atomic E-state index is 12.3. The Balaban J connectivity index is 2.11. The zero-order valence-corrected chi connectivity index (χ0v) is 14.2. The second kappa shape index (κ2) is 6.57. The first-order chi connectivity index (χ1) is 11.5. The van der Waals surface area contributed by atoms with E-state index in [-0.39, 0.29) is 12.3 Å². The summed E-state index contributed by atoms with van der Waals surface area (Å²) in [4.78, 5) is 24.9. The van der Waals surface area contributed by atoms with Gasteiger partial charge in [-0.1, -0.05) is 12.1 Å². The molecular weight excluding hydrogens is 339 g/mol. The largest absolute Gasteiger partial charge is 0.484 e. The molecular formula is C17H20F3NO4. The van der Waals surface area contributed by atoms with Gasteiger partial charge in [-0.25, -0.2) is 0 Å². The van der Waals surface area contributed by atoms with E-state index in [2.05, 4.69) is 0 Å². The summed E-state index contributed by atoms with van der Waals surface area (Å²) < 4.78 is 41.8. The average molecular weight is 359 g/mol. The molecule has 0 atom stereocenters. The van der Waals surface area contributed by atoms with E-state index in [0.29, 0.717) is 29.5 Å². The molecule has 0 heterocycles. The summed E-state index contributed by atoms with van der Waals surface area (Å²) in [5.41, 5.74) is 0.444. The summed E-state index contributed by atoms with van der Waals surface area (Å²) in [5.74, 6) is -1.40. The lowest BCUT2D eigenvalue weighted by molar-refractivity contribution is -0.154. The third-order valence-corrected chi connectivity index (χ3v) is 4.24. The van der Waals surface area contributed by atoms with Crippen LogP contribution >= 0.6 is 0 Å². The molecule has 8 heteroatoms. The van der Waals surface area contributed by atoms with Crippen molar-refractivity contribution in [2.75, 3.05) is 13.7 Å². The highest BCUT2D eigenvalue weighted by Gasteiger charge is 2.58. The molecule has 2 rings (SSSR count). The van der Waals surface area contributed by atoms with Gasteiger partial charge in [-0.2, -0.15) is 13.2 Å². The van der Waals surface area contributed by atoms with Gasteiger partial charge in [0.15, 0.2) is 6.61 Å². The van der Waals surface area contributed by atoms with Crippen molar-refractivity contribution < 1.29 is 32.6 Å². The van der Waals surface area contributed by atoms with Crippen LogP contribution in [0.4, 0.5) is 13.2 Å². The predicted molar refractivity (Wildman–Crippen MR) is 83.2 cm³/mol. The van der Waals surface area contributed by atoms with Crippen molar-refractivity contribution in [1.29, 1.82) is 0 Å². The number of carbonyl (C=O) groups excluding carboxylic acids is 1. The molecule has 1 fully saturated rings. The molecule has 0 aliphatic heterocycles. The van der Waals surface area contributed by atoms with Gasteiger partial charge in [0.1, 0.15) is 11.2 Å². The molecule has 5 nitrogen and oxygen atoms in total. The van der Waals surface area contributed by atoms with E-state index >= 15 is 0 Å². The van der Waals surface area contributed by atoms with E-state index in [0.717, 1.165) is 0 Å². The number of halogens is 3. The van der Waals surface area contributed by atoms with Crippen LogP contribution in [0, 0.1) is 19.3 Å². The Morgan fingerprint density at radius 3 is 2.16 bits per heavy atom. The highest BCUT2D eigenvalue weighted by molar-refractivity contribution is 6.04. The lowest BCUT2D eigenvalue weighted by Crippen LogP contribution is -2.38. The molecule has 0 radical (unpaired) electrons. The van der Waals surface area contributed by atoms with Crippen molar-refractivity contribution in [3.63, 3.8) is 0 Å². The van der Waals surface area contributed by atoms with Crippen LogP contribution in [0.2, 0.25) is 0 Å². The molecule has 138 valence electrons. The number of nitrogens with zero attached hydrogens (tertiary/aromatic N) is 1. The maximum absolute atomic E-state index is 12.3. The highest BCUT2D eigenvalue weighted by Crippen LogP contribution is 2.47. The molecule has 25 heavy (non-hydrogen) atoms. The van der Waals surface area contributed by atoms with Gasteiger partial charge in [-0.05, 0) is 43.4 Å². The zero-order valence-electron chi connectivity index (χ0n) is 14.2. The van der Waals surface area contributed by atoms with Crippen molar-refractivity contribution in [3.05, 3.63) is 28.8 Å². The second-order valence-corrected chi connectivity index (χ2v) is 6.51. The first kappa shape index (κ1) is 19.1. The first-order valence-corrected chi connectivity index (χ1v) is 7.75. The van der Waals surface area contributed by atoms with Crippen molar-refractivity contribution in [3.8, 4) is 5.75 Å². The van der Waals surface area contributed by atoms with Crippen LogP contribution < -0.4 is 4.74 Å². The van der Waals surface area contributed by atoms with Crippen LogP contribution in [0.15, 0.2) is 12.1 Å². The van der Waals surface area contributed by atoms with Crippen molar-refractivity contribution in [1.82, 2.24) is 4.90 Å². The quantitative estimate of drug-likeness (QED) is 0.793. The Hall–Kier alpha value is -2.25. The summed E-state index contributed by atoms with van der Waals surface area (Å²) >= 11 is 0. The molecule has 0 aromatic heterocycles. The fraction of sp³-hybridized carbons (Fsp3) is 0.529. The molecule has 1 amide bonds. The number of aryl methyl sites for hydroxylation is 2. The Labute approximate surface area is 143 Å². The van der Waals surface area contributed by atoms with Gasteiger partial charge in [0.25, 0.3) is 0 Å². The normalized spacial score (nSPS) is 15.6. The van der Waals surface area contributed by atoms with Crippen molar-refractivity contribution in [2.45, 2.75) is 39.4 Å². The van der Waals surface area contributed by atoms with E-state index in [1.54, 1.807) is 26.0 Å². The number of aliphatic carboxylic acids is 1. The van der Waals surface area contributed by atoms with E-state index in [1.165, 1.54) is 11.9 Å². The van der Waals surface area contributed by atoms with Gasteiger partial charge >= 0.3 is 12.1 Å². The molecule has 0 spiro atoms. The van der Waals surface area contributed by atoms with E-state index in [1.807, 2.05) is 0 Å². The number of ether oxygens (including phenoxy) is 1. The number of amides is 1. The fourth-order valence-corrected chi connectivity index (χ4v) is 2.87. The third-order valence-electron chi connectivity index (χ3n) is 4.24. The summed E-state index contributed by atoms with van der Waals surface area (Å²) in [7, 11) is 1.52. The second-order valence-electron chi connectivity index (χ2n) is 6.51. The number of hydrogen-bond donors (Lipinski definition) is 1. The van der Waals surface area contributed by atoms with E-state index < -0.39 is 30.1 Å². The molecule has 1 N–H and O–H groups in total. The SMILES string of the molecule is Cc1cc(CN(C)C(=O)C2(C(=O)O)CC2)cc(C)c1OCC(F)(F)F. The Morgan fingerprint density at radius 2 is 1.76 bits per heavy atom. The fourth-order valence-electron chi connectivity index (χ4n) is 2.87. The van der Waals surface area contributed by atoms with Gasteiger partial charge < -0.3 is 14.7 Å². The van der Waals surface area contributed by atoms with Gasteiger partial charge in [-0.15, -0.1) is 0 Å². The first-order valence-electron chi connectivity index (χ1n) is 7.75. The average Bonchev–Trinajstić information content (AvgIpc) is 3.25. The Kier molecular flexibility index (Phi) is 5.02. The van der Waals surface area contributed by atoms with Gasteiger partial charge in [0.2, 0.25) is 5.91 Å². The molecule has 1 aromatic rings. The van der Waals surface area contributed by atoms with Crippen molar-refractivity contribution >= 4 is 11.9 Å². The summed E-state index contributed by atoms with van der Waals surface area (Å²) in [6.07, 6.45) is -3.76. The van der Waals surface area contributed by atoms with Crippen LogP contribution in [0.5, 0.6) is 5.75 Å². The summed E-state index contributed by atoms with van der Waals surface area (Å²) in [6, 6.07) is 3.28. The third kappa shape index (κ3) is 4.24. The molecule has 1 aliphatic rings. The van der Waals surface area contributed by atoms with Crippen molar-refractivity contribution in [2.24, 2.45) is 5.41 Å². The molecule has 1 aliphatic carbocycles. The number of hydrogen-bond acceptors (Lipinski definition) is 3. The number of alkyl halides is 3. The van der Waals surface area contributed by atoms with E-state index in [4.69, 9.17) is 4.74 Å². The van der Waals surface area contributed by atoms with Crippen LogP contribution in [0.1, 0.15) is 29.5 Å². The van der Waals surface area contributed by atoms with Crippen LogP contribution in [-0.2, 0) is 16.1 Å². The predicted octanol–water partition coefficient (Wildman–Crippen LogP) is 3.07. The van der Waals surface area contributed by atoms with Gasteiger partial charge in [0, 0.05) is 13.6 Å². The summed E-state index contributed by atoms with van der Waals surface area (Å²) in [6.45, 7) is 2.07. The summed E-state index contributed by atoms with van der Waals surface area (Å²) in [5, 5.41) is 9.18. The zero-order chi connectivity index (χ0) is 19.0. The van der Waals surface area contributed by atoms with Crippen LogP contribution in [0.25, 0.3) is 0 Å². The topological polar surface area (TPSA) is 66.8 Å². The minimum atomic E-state index is -4.42. The van der Waals surface area contributed by atoms with Crippen LogP contribution in [0.3, 0.4) is 0 Å². The number of carbonyl (C=O) groups is 2. The van der Waals surface area contributed by atoms with Gasteiger partial charge in [-0.3, -0.25) is 9.59 Å². The maximum Gasteiger partial charge on any atom is 0.422 e. The minimum absolute atomic E-state index is 0.166. The minimum Gasteiger partial charge on any atom is -0.484 e. The lowest BCUT2D eigenvalue weighted by atomic mass is 10.0. The van der Waals surface area contributed by atoms with Gasteiger partial charge in [0.05, 0.1) is 0 Å². The monoisotopic (exact) mass is 359 g/mol. The number of carboxylic acid groups (broad SMARTS) is 1. The molecule has 0 unspecified atom stereocenters. The Morgan fingerprint density at radius 1 is 1.24 bits per heavy atom. The number of benzene rings is 1. The smallest absolute Gasteiger partial charge is 0.422 e. The molecule has 0 bridgehead atoms. The lowest BCUT2D eigenvalue weighted by Gasteiger charge is -2.22.